The molecule has 1 aliphatic carbocycles. The number of hydrogen-bond acceptors (Lipinski definition) is 6. The van der Waals surface area contributed by atoms with E-state index in [1.54, 1.807) is 6.92 Å². The molecule has 5 nitrogen and oxygen atoms in total. The van der Waals surface area contributed by atoms with Crippen LogP contribution < -0.4 is 5.32 Å². The van der Waals surface area contributed by atoms with Crippen LogP contribution in [-0.2, 0) is 9.53 Å². The van der Waals surface area contributed by atoms with Crippen molar-refractivity contribution in [2.45, 2.75) is 32.1 Å². The number of aromatic nitrogens is 2. The monoisotopic (exact) mass is 241 g/mol. The van der Waals surface area contributed by atoms with Crippen LogP contribution in [0, 0.1) is 0 Å². The van der Waals surface area contributed by atoms with Gasteiger partial charge in [-0.1, -0.05) is 0 Å². The molecule has 0 radical (unpaired) electrons. The first-order chi connectivity index (χ1) is 7.79. The molecule has 0 bridgehead atoms. The second-order valence-electron chi connectivity index (χ2n) is 3.71. The van der Waals surface area contributed by atoms with E-state index in [0.717, 1.165) is 11.0 Å². The molecule has 0 amide bonds. The van der Waals surface area contributed by atoms with Gasteiger partial charge in [-0.3, -0.25) is 4.79 Å². The van der Waals surface area contributed by atoms with Crippen LogP contribution >= 0.6 is 11.5 Å². The summed E-state index contributed by atoms with van der Waals surface area (Å²) in [6.45, 7) is 2.79. The molecule has 0 saturated heterocycles. The number of hydrogen-bond donors (Lipinski definition) is 1. The Balaban J connectivity index is 1.70. The normalized spacial score (nSPS) is 14.8. The van der Waals surface area contributed by atoms with E-state index >= 15 is 0 Å². The SMILES string of the molecule is CCOC(=O)CCNc1nc(C2CC2)ns1. The van der Waals surface area contributed by atoms with Crippen LogP contribution in [0.1, 0.15) is 37.9 Å². The standard InChI is InChI=1S/C10H15N3O2S/c1-2-15-8(14)5-6-11-10-12-9(13-16-10)7-3-4-7/h7H,2-6H2,1H3,(H,11,12,13). The van der Waals surface area contributed by atoms with Crippen LogP contribution in [0.25, 0.3) is 0 Å². The topological polar surface area (TPSA) is 64.1 Å². The predicted molar refractivity (Wildman–Crippen MR) is 61.6 cm³/mol. The minimum Gasteiger partial charge on any atom is -0.466 e. The molecule has 1 aromatic rings. The average molecular weight is 241 g/mol. The molecule has 88 valence electrons. The summed E-state index contributed by atoms with van der Waals surface area (Å²) >= 11 is 1.36. The van der Waals surface area contributed by atoms with Crippen molar-refractivity contribution in [2.75, 3.05) is 18.5 Å². The summed E-state index contributed by atoms with van der Waals surface area (Å²) in [5.41, 5.74) is 0. The number of esters is 1. The Morgan fingerprint density at radius 2 is 2.44 bits per heavy atom. The molecule has 0 aromatic carbocycles. The van der Waals surface area contributed by atoms with Crippen molar-refractivity contribution in [1.29, 1.82) is 0 Å². The predicted octanol–water partition coefficient (Wildman–Crippen LogP) is 1.78. The average Bonchev–Trinajstić information content (AvgIpc) is 3.00. The van der Waals surface area contributed by atoms with Crippen LogP contribution in [0.5, 0.6) is 0 Å². The van der Waals surface area contributed by atoms with Gasteiger partial charge in [0.1, 0.15) is 5.82 Å². The largest absolute Gasteiger partial charge is 0.466 e. The maximum atomic E-state index is 11.1. The third kappa shape index (κ3) is 3.16. The molecule has 0 atom stereocenters. The van der Waals surface area contributed by atoms with E-state index in [0.29, 0.717) is 25.5 Å². The van der Waals surface area contributed by atoms with Crippen LogP contribution in [-0.4, -0.2) is 28.5 Å². The molecule has 0 unspecified atom stereocenters. The van der Waals surface area contributed by atoms with Crippen molar-refractivity contribution in [2.24, 2.45) is 0 Å². The van der Waals surface area contributed by atoms with Crippen molar-refractivity contribution < 1.29 is 9.53 Å². The quantitative estimate of drug-likeness (QED) is 0.769. The van der Waals surface area contributed by atoms with E-state index in [-0.39, 0.29) is 5.97 Å². The fraction of sp³-hybridized carbons (Fsp3) is 0.700. The molecule has 1 fully saturated rings. The fourth-order valence-corrected chi connectivity index (χ4v) is 1.99. The van der Waals surface area contributed by atoms with Gasteiger partial charge < -0.3 is 10.1 Å². The lowest BCUT2D eigenvalue weighted by Gasteiger charge is -2.01. The second kappa shape index (κ2) is 5.25. The highest BCUT2D eigenvalue weighted by atomic mass is 32.1. The van der Waals surface area contributed by atoms with Gasteiger partial charge in [-0.05, 0) is 19.8 Å². The Morgan fingerprint density at radius 3 is 3.12 bits per heavy atom. The number of anilines is 1. The van der Waals surface area contributed by atoms with E-state index in [4.69, 9.17) is 4.74 Å². The highest BCUT2D eigenvalue weighted by Crippen LogP contribution is 2.39. The van der Waals surface area contributed by atoms with Crippen molar-refractivity contribution in [3.63, 3.8) is 0 Å². The highest BCUT2D eigenvalue weighted by Gasteiger charge is 2.27. The number of carbonyl (C=O) groups is 1. The summed E-state index contributed by atoms with van der Waals surface area (Å²) in [4.78, 5) is 15.4. The molecule has 1 aliphatic rings. The van der Waals surface area contributed by atoms with Gasteiger partial charge in [-0.2, -0.15) is 4.37 Å². The van der Waals surface area contributed by atoms with Crippen LogP contribution in [0.2, 0.25) is 0 Å². The van der Waals surface area contributed by atoms with E-state index in [1.807, 2.05) is 0 Å². The van der Waals surface area contributed by atoms with E-state index in [2.05, 4.69) is 14.7 Å². The third-order valence-electron chi connectivity index (χ3n) is 2.29. The molecular weight excluding hydrogens is 226 g/mol. The molecule has 16 heavy (non-hydrogen) atoms. The molecular formula is C10H15N3O2S. The lowest BCUT2D eigenvalue weighted by molar-refractivity contribution is -0.142. The lowest BCUT2D eigenvalue weighted by Crippen LogP contribution is -2.11. The van der Waals surface area contributed by atoms with E-state index in [9.17, 15) is 4.79 Å². The summed E-state index contributed by atoms with van der Waals surface area (Å²) in [7, 11) is 0. The second-order valence-corrected chi connectivity index (χ2v) is 4.47. The Hall–Kier alpha value is -1.17. The molecule has 0 aliphatic heterocycles. The van der Waals surface area contributed by atoms with Gasteiger partial charge in [0.05, 0.1) is 13.0 Å². The van der Waals surface area contributed by atoms with Gasteiger partial charge in [-0.15, -0.1) is 0 Å². The minimum absolute atomic E-state index is 0.179. The van der Waals surface area contributed by atoms with E-state index < -0.39 is 0 Å². The fourth-order valence-electron chi connectivity index (χ4n) is 1.32. The molecule has 1 saturated carbocycles. The van der Waals surface area contributed by atoms with Gasteiger partial charge in [0.25, 0.3) is 0 Å². The number of nitrogens with zero attached hydrogens (tertiary/aromatic N) is 2. The van der Waals surface area contributed by atoms with Gasteiger partial charge >= 0.3 is 5.97 Å². The van der Waals surface area contributed by atoms with Gasteiger partial charge in [0, 0.05) is 24.0 Å². The zero-order valence-corrected chi connectivity index (χ0v) is 10.0. The zero-order valence-electron chi connectivity index (χ0n) is 9.23. The van der Waals surface area contributed by atoms with Crippen LogP contribution in [0.3, 0.4) is 0 Å². The number of rotatable bonds is 6. The highest BCUT2D eigenvalue weighted by molar-refractivity contribution is 7.09. The Bertz CT molecular complexity index is 363. The molecule has 2 rings (SSSR count). The maximum absolute atomic E-state index is 11.1. The van der Waals surface area contributed by atoms with Crippen LogP contribution in [0.4, 0.5) is 5.13 Å². The summed E-state index contributed by atoms with van der Waals surface area (Å²) in [5, 5.41) is 3.88. The maximum Gasteiger partial charge on any atom is 0.307 e. The summed E-state index contributed by atoms with van der Waals surface area (Å²) in [6.07, 6.45) is 2.78. The minimum atomic E-state index is -0.179. The number of carbonyl (C=O) groups excluding carboxylic acids is 1. The molecule has 1 N–H and O–H groups in total. The Kier molecular flexibility index (Phi) is 3.71. The van der Waals surface area contributed by atoms with Crippen molar-refractivity contribution in [1.82, 2.24) is 9.36 Å². The zero-order chi connectivity index (χ0) is 11.4. The smallest absolute Gasteiger partial charge is 0.307 e. The van der Waals surface area contributed by atoms with Crippen LogP contribution in [0.15, 0.2) is 0 Å². The first-order valence-corrected chi connectivity index (χ1v) is 6.30. The Morgan fingerprint density at radius 1 is 1.62 bits per heavy atom. The molecule has 0 spiro atoms. The van der Waals surface area contributed by atoms with Crippen molar-refractivity contribution in [3.8, 4) is 0 Å². The summed E-state index contributed by atoms with van der Waals surface area (Å²) in [6, 6.07) is 0. The molecule has 1 heterocycles. The van der Waals surface area contributed by atoms with Crippen molar-refractivity contribution >= 4 is 22.6 Å². The van der Waals surface area contributed by atoms with Gasteiger partial charge in [-0.25, -0.2) is 4.98 Å². The summed E-state index contributed by atoms with van der Waals surface area (Å²) < 4.78 is 9.09. The summed E-state index contributed by atoms with van der Waals surface area (Å²) in [5.74, 6) is 1.35. The molecule has 1 aromatic heterocycles. The third-order valence-corrected chi connectivity index (χ3v) is 2.98. The first-order valence-electron chi connectivity index (χ1n) is 5.52. The number of ether oxygens (including phenoxy) is 1. The van der Waals surface area contributed by atoms with E-state index in [1.165, 1.54) is 24.4 Å². The van der Waals surface area contributed by atoms with Gasteiger partial charge in [0.2, 0.25) is 5.13 Å². The van der Waals surface area contributed by atoms with Crippen molar-refractivity contribution in [3.05, 3.63) is 5.82 Å². The number of nitrogens with one attached hydrogen (secondary N) is 1. The van der Waals surface area contributed by atoms with Gasteiger partial charge in [0.15, 0.2) is 0 Å². The lowest BCUT2D eigenvalue weighted by atomic mass is 10.4. The molecule has 6 heteroatoms. The Labute approximate surface area is 98.4 Å². The first kappa shape index (κ1) is 11.3.